The lowest BCUT2D eigenvalue weighted by atomic mass is 10.1. The molecule has 1 N–H and O–H groups in total. The fourth-order valence-corrected chi connectivity index (χ4v) is 2.08. The summed E-state index contributed by atoms with van der Waals surface area (Å²) in [4.78, 5) is 10.7. The van der Waals surface area contributed by atoms with E-state index in [-0.39, 0.29) is 5.56 Å². The van der Waals surface area contributed by atoms with E-state index in [2.05, 4.69) is 21.0 Å². The van der Waals surface area contributed by atoms with Gasteiger partial charge in [0.15, 0.2) is 0 Å². The molecule has 4 nitrogen and oxygen atoms in total. The van der Waals surface area contributed by atoms with E-state index in [0.717, 1.165) is 15.7 Å². The van der Waals surface area contributed by atoms with Crippen molar-refractivity contribution in [3.05, 3.63) is 40.5 Å². The maximum absolute atomic E-state index is 10.7. The third kappa shape index (κ3) is 1.86. The number of carbonyl (C=O) groups is 1. The summed E-state index contributed by atoms with van der Waals surface area (Å²) in [5.74, 6) is -0.921. The third-order valence-electron chi connectivity index (χ3n) is 2.30. The van der Waals surface area contributed by atoms with Crippen LogP contribution in [0.15, 0.2) is 34.9 Å². The highest BCUT2D eigenvalue weighted by Gasteiger charge is 2.09. The van der Waals surface area contributed by atoms with Gasteiger partial charge in [0.05, 0.1) is 21.9 Å². The van der Waals surface area contributed by atoms with Gasteiger partial charge in [-0.25, -0.2) is 4.79 Å². The standard InChI is InChI=1S/C11H9BrN2O2/c1-14-10(9(12)6-13-14)7-2-4-8(5-3-7)11(15)16/h2-6H,1H3,(H,15,16). The molecule has 0 fully saturated rings. The van der Waals surface area contributed by atoms with Gasteiger partial charge in [0.25, 0.3) is 0 Å². The molecule has 0 aliphatic rings. The van der Waals surface area contributed by atoms with Gasteiger partial charge >= 0.3 is 5.97 Å². The highest BCUT2D eigenvalue weighted by Crippen LogP contribution is 2.27. The first-order chi connectivity index (χ1) is 7.59. The molecular weight excluding hydrogens is 272 g/mol. The van der Waals surface area contributed by atoms with Gasteiger partial charge in [-0.2, -0.15) is 5.10 Å². The lowest BCUT2D eigenvalue weighted by Crippen LogP contribution is -1.97. The zero-order valence-corrected chi connectivity index (χ0v) is 10.1. The van der Waals surface area contributed by atoms with Gasteiger partial charge in [-0.1, -0.05) is 12.1 Å². The minimum absolute atomic E-state index is 0.280. The molecule has 0 spiro atoms. The zero-order chi connectivity index (χ0) is 11.7. The predicted molar refractivity (Wildman–Crippen MR) is 63.3 cm³/mol. The lowest BCUT2D eigenvalue weighted by molar-refractivity contribution is 0.0697. The molecule has 0 aliphatic heterocycles. The zero-order valence-electron chi connectivity index (χ0n) is 8.51. The molecule has 0 amide bonds. The van der Waals surface area contributed by atoms with Gasteiger partial charge in [-0.05, 0) is 28.1 Å². The van der Waals surface area contributed by atoms with Crippen molar-refractivity contribution in [2.45, 2.75) is 0 Å². The summed E-state index contributed by atoms with van der Waals surface area (Å²) in [5.41, 5.74) is 2.14. The number of hydrogen-bond donors (Lipinski definition) is 1. The Morgan fingerprint density at radius 1 is 1.38 bits per heavy atom. The second-order valence-corrected chi connectivity index (χ2v) is 4.20. The number of carboxylic acids is 1. The van der Waals surface area contributed by atoms with Crippen molar-refractivity contribution in [1.29, 1.82) is 0 Å². The maximum atomic E-state index is 10.7. The number of nitrogens with zero attached hydrogens (tertiary/aromatic N) is 2. The highest BCUT2D eigenvalue weighted by molar-refractivity contribution is 9.10. The summed E-state index contributed by atoms with van der Waals surface area (Å²) in [5, 5.41) is 12.9. The van der Waals surface area contributed by atoms with Gasteiger partial charge in [-0.3, -0.25) is 4.68 Å². The molecule has 0 bridgehead atoms. The Balaban J connectivity index is 2.46. The van der Waals surface area contributed by atoms with Crippen LogP contribution in [-0.2, 0) is 7.05 Å². The SMILES string of the molecule is Cn1ncc(Br)c1-c1ccc(C(=O)O)cc1. The highest BCUT2D eigenvalue weighted by atomic mass is 79.9. The first kappa shape index (κ1) is 10.9. The molecule has 0 radical (unpaired) electrons. The smallest absolute Gasteiger partial charge is 0.335 e. The molecule has 1 heterocycles. The number of halogens is 1. The number of rotatable bonds is 2. The van der Waals surface area contributed by atoms with E-state index in [4.69, 9.17) is 5.11 Å². The van der Waals surface area contributed by atoms with Crippen LogP contribution in [0.1, 0.15) is 10.4 Å². The van der Waals surface area contributed by atoms with E-state index in [0.29, 0.717) is 0 Å². The molecule has 16 heavy (non-hydrogen) atoms. The monoisotopic (exact) mass is 280 g/mol. The number of aryl methyl sites for hydroxylation is 1. The maximum Gasteiger partial charge on any atom is 0.335 e. The average molecular weight is 281 g/mol. The molecule has 0 aliphatic carbocycles. The first-order valence-electron chi connectivity index (χ1n) is 4.61. The van der Waals surface area contributed by atoms with Crippen LogP contribution in [0.5, 0.6) is 0 Å². The minimum Gasteiger partial charge on any atom is -0.478 e. The molecule has 1 aromatic carbocycles. The molecule has 0 unspecified atom stereocenters. The van der Waals surface area contributed by atoms with Gasteiger partial charge in [0, 0.05) is 12.6 Å². The number of carboxylic acid groups (broad SMARTS) is 1. The molecule has 2 rings (SSSR count). The molecule has 0 saturated carbocycles. The number of benzene rings is 1. The molecule has 82 valence electrons. The Morgan fingerprint density at radius 3 is 2.44 bits per heavy atom. The van der Waals surface area contributed by atoms with Crippen LogP contribution in [0.2, 0.25) is 0 Å². The molecule has 0 atom stereocenters. The van der Waals surface area contributed by atoms with E-state index < -0.39 is 5.97 Å². The normalized spacial score (nSPS) is 10.4. The summed E-state index contributed by atoms with van der Waals surface area (Å²) in [7, 11) is 1.84. The van der Waals surface area contributed by atoms with Crippen molar-refractivity contribution in [1.82, 2.24) is 9.78 Å². The Hall–Kier alpha value is -1.62. The summed E-state index contributed by atoms with van der Waals surface area (Å²) < 4.78 is 2.62. The van der Waals surface area contributed by atoms with Crippen LogP contribution in [-0.4, -0.2) is 20.9 Å². The van der Waals surface area contributed by atoms with Crippen molar-refractivity contribution >= 4 is 21.9 Å². The van der Waals surface area contributed by atoms with Crippen LogP contribution < -0.4 is 0 Å². The Morgan fingerprint density at radius 2 is 2.00 bits per heavy atom. The van der Waals surface area contributed by atoms with E-state index in [9.17, 15) is 4.79 Å². The van der Waals surface area contributed by atoms with Crippen LogP contribution >= 0.6 is 15.9 Å². The van der Waals surface area contributed by atoms with Crippen LogP contribution in [0, 0.1) is 0 Å². The fourth-order valence-electron chi connectivity index (χ4n) is 1.51. The Kier molecular flexibility index (Phi) is 2.78. The molecule has 5 heteroatoms. The van der Waals surface area contributed by atoms with Crippen LogP contribution in [0.25, 0.3) is 11.3 Å². The summed E-state index contributed by atoms with van der Waals surface area (Å²) in [6.45, 7) is 0. The summed E-state index contributed by atoms with van der Waals surface area (Å²) in [6, 6.07) is 6.70. The third-order valence-corrected chi connectivity index (χ3v) is 2.88. The summed E-state index contributed by atoms with van der Waals surface area (Å²) >= 11 is 3.40. The van der Waals surface area contributed by atoms with Crippen LogP contribution in [0.4, 0.5) is 0 Å². The predicted octanol–water partition coefficient (Wildman–Crippen LogP) is 2.55. The topological polar surface area (TPSA) is 55.1 Å². The second kappa shape index (κ2) is 4.09. The second-order valence-electron chi connectivity index (χ2n) is 3.35. The van der Waals surface area contributed by atoms with Crippen molar-refractivity contribution in [2.24, 2.45) is 7.05 Å². The number of hydrogen-bond acceptors (Lipinski definition) is 2. The quantitative estimate of drug-likeness (QED) is 0.920. The van der Waals surface area contributed by atoms with Gasteiger partial charge in [-0.15, -0.1) is 0 Å². The van der Waals surface area contributed by atoms with Crippen LogP contribution in [0.3, 0.4) is 0 Å². The molecule has 0 saturated heterocycles. The van der Waals surface area contributed by atoms with Gasteiger partial charge in [0.2, 0.25) is 0 Å². The number of aromatic carboxylic acids is 1. The first-order valence-corrected chi connectivity index (χ1v) is 5.40. The van der Waals surface area contributed by atoms with Crippen molar-refractivity contribution in [3.63, 3.8) is 0 Å². The Labute approximate surface area is 101 Å². The summed E-state index contributed by atoms with van der Waals surface area (Å²) in [6.07, 6.45) is 1.71. The largest absolute Gasteiger partial charge is 0.478 e. The minimum atomic E-state index is -0.921. The van der Waals surface area contributed by atoms with Gasteiger partial charge in [0.1, 0.15) is 0 Å². The van der Waals surface area contributed by atoms with E-state index in [1.54, 1.807) is 35.1 Å². The Bertz CT molecular complexity index is 512. The average Bonchev–Trinajstić information content (AvgIpc) is 2.59. The number of aromatic nitrogens is 2. The van der Waals surface area contributed by atoms with Crippen molar-refractivity contribution < 1.29 is 9.90 Å². The van der Waals surface area contributed by atoms with E-state index in [1.165, 1.54) is 0 Å². The van der Waals surface area contributed by atoms with Gasteiger partial charge < -0.3 is 5.11 Å². The molecule has 1 aromatic heterocycles. The van der Waals surface area contributed by atoms with Crippen molar-refractivity contribution in [3.8, 4) is 11.3 Å². The fraction of sp³-hybridized carbons (Fsp3) is 0.0909. The molecular formula is C11H9BrN2O2. The van der Waals surface area contributed by atoms with E-state index >= 15 is 0 Å². The van der Waals surface area contributed by atoms with Crippen molar-refractivity contribution in [2.75, 3.05) is 0 Å². The lowest BCUT2D eigenvalue weighted by Gasteiger charge is -2.03. The molecule has 2 aromatic rings. The van der Waals surface area contributed by atoms with E-state index in [1.807, 2.05) is 7.05 Å².